The number of nitrogens with zero attached hydrogens (tertiary/aromatic N) is 1. The van der Waals surface area contributed by atoms with Crippen LogP contribution in [0, 0.1) is 5.92 Å². The first-order chi connectivity index (χ1) is 8.88. The first kappa shape index (κ1) is 13.3. The molecule has 0 spiro atoms. The molecule has 0 saturated heterocycles. The van der Waals surface area contributed by atoms with Gasteiger partial charge < -0.3 is 5.11 Å². The minimum atomic E-state index is 0.245. The molecule has 18 heavy (non-hydrogen) atoms. The van der Waals surface area contributed by atoms with Crippen LogP contribution in [0.1, 0.15) is 24.8 Å². The van der Waals surface area contributed by atoms with Gasteiger partial charge in [-0.3, -0.25) is 4.90 Å². The van der Waals surface area contributed by atoms with E-state index in [9.17, 15) is 5.11 Å². The Hall–Kier alpha value is -1.12. The largest absolute Gasteiger partial charge is 0.395 e. The van der Waals surface area contributed by atoms with Crippen LogP contribution in [-0.2, 0) is 6.54 Å². The summed E-state index contributed by atoms with van der Waals surface area (Å²) in [5, 5.41) is 9.19. The van der Waals surface area contributed by atoms with Crippen LogP contribution in [0.2, 0.25) is 0 Å². The van der Waals surface area contributed by atoms with Crippen molar-refractivity contribution in [1.29, 1.82) is 0 Å². The van der Waals surface area contributed by atoms with Crippen LogP contribution in [0.25, 0.3) is 0 Å². The van der Waals surface area contributed by atoms with Crippen molar-refractivity contribution in [2.45, 2.75) is 25.8 Å². The Morgan fingerprint density at radius 2 is 2.00 bits per heavy atom. The summed E-state index contributed by atoms with van der Waals surface area (Å²) in [6.07, 6.45) is 8.27. The standard InChI is InChI=1S/C16H23NO/c18-12-11-17(13-15-7-3-1-4-8-15)14-16-9-5-2-6-10-16/h1-5,7-8,16,18H,6,9-14H2/t16-/m1/s1. The first-order valence-electron chi connectivity index (χ1n) is 6.90. The molecule has 0 unspecified atom stereocenters. The highest BCUT2D eigenvalue weighted by atomic mass is 16.3. The third-order valence-corrected chi connectivity index (χ3v) is 3.56. The first-order valence-corrected chi connectivity index (χ1v) is 6.90. The van der Waals surface area contributed by atoms with E-state index in [0.717, 1.165) is 25.6 Å². The monoisotopic (exact) mass is 245 g/mol. The number of aliphatic hydroxyl groups excluding tert-OH is 1. The van der Waals surface area contributed by atoms with E-state index in [4.69, 9.17) is 0 Å². The summed E-state index contributed by atoms with van der Waals surface area (Å²) in [5.74, 6) is 0.755. The summed E-state index contributed by atoms with van der Waals surface area (Å²) >= 11 is 0. The Balaban J connectivity index is 1.89. The summed E-state index contributed by atoms with van der Waals surface area (Å²) in [5.41, 5.74) is 1.33. The molecule has 0 bridgehead atoms. The summed E-state index contributed by atoms with van der Waals surface area (Å²) in [6.45, 7) is 3.06. The van der Waals surface area contributed by atoms with Crippen molar-refractivity contribution in [3.05, 3.63) is 48.0 Å². The normalized spacial score (nSPS) is 19.3. The number of aliphatic hydroxyl groups is 1. The topological polar surface area (TPSA) is 23.5 Å². The molecule has 1 aliphatic carbocycles. The third-order valence-electron chi connectivity index (χ3n) is 3.56. The van der Waals surface area contributed by atoms with Crippen molar-refractivity contribution in [2.24, 2.45) is 5.92 Å². The molecule has 2 heteroatoms. The minimum absolute atomic E-state index is 0.245. The second-order valence-corrected chi connectivity index (χ2v) is 5.09. The lowest BCUT2D eigenvalue weighted by atomic mass is 9.94. The highest BCUT2D eigenvalue weighted by Gasteiger charge is 2.14. The molecule has 1 aliphatic rings. The van der Waals surface area contributed by atoms with Crippen molar-refractivity contribution in [2.75, 3.05) is 19.7 Å². The lowest BCUT2D eigenvalue weighted by molar-refractivity contribution is 0.165. The van der Waals surface area contributed by atoms with E-state index in [0.29, 0.717) is 0 Å². The maximum absolute atomic E-state index is 9.19. The molecule has 0 saturated carbocycles. The molecule has 1 N–H and O–H groups in total. The molecule has 0 aliphatic heterocycles. The molecule has 98 valence electrons. The van der Waals surface area contributed by atoms with Gasteiger partial charge in [-0.05, 0) is 30.7 Å². The highest BCUT2D eigenvalue weighted by molar-refractivity contribution is 5.14. The van der Waals surface area contributed by atoms with Gasteiger partial charge in [-0.2, -0.15) is 0 Å². The average molecular weight is 245 g/mol. The molecule has 0 radical (unpaired) electrons. The zero-order chi connectivity index (χ0) is 12.6. The quantitative estimate of drug-likeness (QED) is 0.779. The van der Waals surface area contributed by atoms with Crippen molar-refractivity contribution < 1.29 is 5.11 Å². The van der Waals surface area contributed by atoms with Gasteiger partial charge >= 0.3 is 0 Å². The van der Waals surface area contributed by atoms with E-state index < -0.39 is 0 Å². The molecule has 0 aromatic heterocycles. The molecule has 1 atom stereocenters. The zero-order valence-corrected chi connectivity index (χ0v) is 11.0. The van der Waals surface area contributed by atoms with Crippen molar-refractivity contribution in [1.82, 2.24) is 4.90 Å². The van der Waals surface area contributed by atoms with Crippen LogP contribution in [0.4, 0.5) is 0 Å². The van der Waals surface area contributed by atoms with Gasteiger partial charge in [0.15, 0.2) is 0 Å². The SMILES string of the molecule is OCCN(Cc1ccccc1)C[C@@H]1CC=CCC1. The van der Waals surface area contributed by atoms with Crippen LogP contribution in [0.15, 0.2) is 42.5 Å². The zero-order valence-electron chi connectivity index (χ0n) is 11.0. The fourth-order valence-corrected chi connectivity index (χ4v) is 2.61. The maximum Gasteiger partial charge on any atom is 0.0558 e. The van der Waals surface area contributed by atoms with E-state index in [1.165, 1.54) is 24.8 Å². The van der Waals surface area contributed by atoms with Gasteiger partial charge in [0, 0.05) is 19.6 Å². The van der Waals surface area contributed by atoms with Crippen molar-refractivity contribution in [3.8, 4) is 0 Å². The molecule has 2 rings (SSSR count). The van der Waals surface area contributed by atoms with Crippen LogP contribution in [0.3, 0.4) is 0 Å². The number of rotatable bonds is 6. The van der Waals surface area contributed by atoms with Gasteiger partial charge in [-0.1, -0.05) is 42.5 Å². The molecule has 1 aromatic rings. The minimum Gasteiger partial charge on any atom is -0.395 e. The van der Waals surface area contributed by atoms with Crippen LogP contribution in [-0.4, -0.2) is 29.7 Å². The smallest absolute Gasteiger partial charge is 0.0558 e. The number of benzene rings is 1. The fraction of sp³-hybridized carbons (Fsp3) is 0.500. The maximum atomic E-state index is 9.19. The van der Waals surface area contributed by atoms with E-state index in [-0.39, 0.29) is 6.61 Å². The molecule has 1 aromatic carbocycles. The van der Waals surface area contributed by atoms with E-state index in [2.05, 4.69) is 41.3 Å². The molecular weight excluding hydrogens is 222 g/mol. The molecule has 0 heterocycles. The Morgan fingerprint density at radius 1 is 1.17 bits per heavy atom. The predicted octanol–water partition coefficient (Wildman–Crippen LogP) is 2.84. The van der Waals surface area contributed by atoms with Crippen LogP contribution in [0.5, 0.6) is 0 Å². The number of hydrogen-bond donors (Lipinski definition) is 1. The van der Waals surface area contributed by atoms with Gasteiger partial charge in [-0.15, -0.1) is 0 Å². The second-order valence-electron chi connectivity index (χ2n) is 5.09. The molecule has 2 nitrogen and oxygen atoms in total. The summed E-state index contributed by atoms with van der Waals surface area (Å²) in [7, 11) is 0. The summed E-state index contributed by atoms with van der Waals surface area (Å²) in [4.78, 5) is 2.37. The summed E-state index contributed by atoms with van der Waals surface area (Å²) in [6, 6.07) is 10.5. The summed E-state index contributed by atoms with van der Waals surface area (Å²) < 4.78 is 0. The van der Waals surface area contributed by atoms with E-state index >= 15 is 0 Å². The highest BCUT2D eigenvalue weighted by Crippen LogP contribution is 2.20. The van der Waals surface area contributed by atoms with Crippen LogP contribution < -0.4 is 0 Å². The van der Waals surface area contributed by atoms with Gasteiger partial charge in [0.25, 0.3) is 0 Å². The Kier molecular flexibility index (Phi) is 5.43. The van der Waals surface area contributed by atoms with Crippen molar-refractivity contribution >= 4 is 0 Å². The lowest BCUT2D eigenvalue weighted by Gasteiger charge is -2.27. The predicted molar refractivity (Wildman–Crippen MR) is 75.3 cm³/mol. The molecular formula is C16H23NO. The van der Waals surface area contributed by atoms with Gasteiger partial charge in [0.1, 0.15) is 0 Å². The molecule has 0 fully saturated rings. The third kappa shape index (κ3) is 4.28. The number of allylic oxidation sites excluding steroid dienone is 2. The fourth-order valence-electron chi connectivity index (χ4n) is 2.61. The Morgan fingerprint density at radius 3 is 2.67 bits per heavy atom. The van der Waals surface area contributed by atoms with Gasteiger partial charge in [0.2, 0.25) is 0 Å². The second kappa shape index (κ2) is 7.34. The Bertz CT molecular complexity index is 361. The van der Waals surface area contributed by atoms with Crippen LogP contribution >= 0.6 is 0 Å². The molecule has 0 amide bonds. The van der Waals surface area contributed by atoms with Crippen molar-refractivity contribution in [3.63, 3.8) is 0 Å². The Labute approximate surface area is 110 Å². The van der Waals surface area contributed by atoms with E-state index in [1.54, 1.807) is 0 Å². The van der Waals surface area contributed by atoms with Gasteiger partial charge in [0.05, 0.1) is 6.61 Å². The lowest BCUT2D eigenvalue weighted by Crippen LogP contribution is -2.32. The van der Waals surface area contributed by atoms with Gasteiger partial charge in [-0.25, -0.2) is 0 Å². The number of hydrogen-bond acceptors (Lipinski definition) is 2. The average Bonchev–Trinajstić information content (AvgIpc) is 2.41. The van der Waals surface area contributed by atoms with E-state index in [1.807, 2.05) is 6.07 Å².